The maximum Gasteiger partial charge on any atom is 0.123 e. The van der Waals surface area contributed by atoms with Crippen LogP contribution >= 0.6 is 11.8 Å². The fraction of sp³-hybridized carbons (Fsp3) is 0.182. The first kappa shape index (κ1) is 18.5. The average Bonchev–Trinajstić information content (AvgIpc) is 3.42. The molecule has 1 atom stereocenters. The number of hydrogen-bond acceptors (Lipinski definition) is 3. The number of aryl methyl sites for hydroxylation is 1. The lowest BCUT2D eigenvalue weighted by atomic mass is 10.1. The van der Waals surface area contributed by atoms with Gasteiger partial charge in [0.2, 0.25) is 0 Å². The number of thioether (sulfide) groups is 1. The van der Waals surface area contributed by atoms with Crippen LogP contribution in [-0.2, 0) is 13.0 Å². The van der Waals surface area contributed by atoms with E-state index in [4.69, 9.17) is 0 Å². The molecule has 2 heterocycles. The Morgan fingerprint density at radius 1 is 0.893 bits per heavy atom. The Bertz CT molecular complexity index is 965. The lowest BCUT2D eigenvalue weighted by Crippen LogP contribution is -2.13. The number of rotatable bonds is 8. The first-order chi connectivity index (χ1) is 13.8. The van der Waals surface area contributed by atoms with Crippen molar-refractivity contribution in [3.63, 3.8) is 0 Å². The van der Waals surface area contributed by atoms with Crippen LogP contribution in [0.2, 0.25) is 0 Å². The molecule has 1 unspecified atom stereocenters. The largest absolute Gasteiger partial charge is 0.336 e. The summed E-state index contributed by atoms with van der Waals surface area (Å²) in [5, 5.41) is 0.387. The van der Waals surface area contributed by atoms with Crippen molar-refractivity contribution in [3.05, 3.63) is 97.4 Å². The van der Waals surface area contributed by atoms with Crippen molar-refractivity contribution in [1.29, 1.82) is 0 Å². The number of hydrogen-bond donors (Lipinski definition) is 0. The Balaban J connectivity index is 1.44. The summed E-state index contributed by atoms with van der Waals surface area (Å²) in [6.45, 7) is 0.884. The van der Waals surface area contributed by atoms with Crippen molar-refractivity contribution < 1.29 is 4.39 Å². The molecule has 4 nitrogen and oxygen atoms in total. The first-order valence-corrected chi connectivity index (χ1v) is 10.1. The van der Waals surface area contributed by atoms with Gasteiger partial charge in [-0.1, -0.05) is 12.1 Å². The molecule has 0 N–H and O–H groups in total. The molecule has 142 valence electrons. The lowest BCUT2D eigenvalue weighted by Gasteiger charge is -2.18. The van der Waals surface area contributed by atoms with Crippen molar-refractivity contribution in [1.82, 2.24) is 19.1 Å². The van der Waals surface area contributed by atoms with Gasteiger partial charge >= 0.3 is 0 Å². The molecule has 4 rings (SSSR count). The molecular weight excluding hydrogens is 371 g/mol. The highest BCUT2D eigenvalue weighted by molar-refractivity contribution is 8.00. The third-order valence-corrected chi connectivity index (χ3v) is 5.85. The molecule has 6 heteroatoms. The van der Waals surface area contributed by atoms with E-state index in [9.17, 15) is 4.39 Å². The molecule has 0 saturated heterocycles. The van der Waals surface area contributed by atoms with Crippen LogP contribution in [0.1, 0.15) is 12.0 Å². The molecule has 0 aliphatic carbocycles. The van der Waals surface area contributed by atoms with Crippen molar-refractivity contribution in [2.45, 2.75) is 29.5 Å². The van der Waals surface area contributed by atoms with E-state index in [1.807, 2.05) is 53.4 Å². The molecule has 0 amide bonds. The van der Waals surface area contributed by atoms with E-state index in [0.29, 0.717) is 5.25 Å². The first-order valence-electron chi connectivity index (χ1n) is 9.21. The summed E-state index contributed by atoms with van der Waals surface area (Å²) >= 11 is 1.87. The van der Waals surface area contributed by atoms with Crippen LogP contribution in [0.3, 0.4) is 0 Å². The van der Waals surface area contributed by atoms with Gasteiger partial charge in [-0.2, -0.15) is 0 Å². The fourth-order valence-electron chi connectivity index (χ4n) is 3.10. The van der Waals surface area contributed by atoms with Gasteiger partial charge < -0.3 is 9.13 Å². The van der Waals surface area contributed by atoms with E-state index in [-0.39, 0.29) is 5.82 Å². The maximum atomic E-state index is 13.1. The second-order valence-electron chi connectivity index (χ2n) is 6.63. The molecule has 0 spiro atoms. The molecule has 2 aromatic heterocycles. The molecule has 0 aliphatic rings. The van der Waals surface area contributed by atoms with Gasteiger partial charge in [-0.25, -0.2) is 14.4 Å². The summed E-state index contributed by atoms with van der Waals surface area (Å²) in [5.41, 5.74) is 2.26. The Labute approximate surface area is 168 Å². The van der Waals surface area contributed by atoms with Crippen LogP contribution in [0.15, 0.2) is 90.9 Å². The average molecular weight is 393 g/mol. The zero-order valence-corrected chi connectivity index (χ0v) is 16.2. The number of halogens is 1. The van der Waals surface area contributed by atoms with Crippen LogP contribution in [0, 0.1) is 5.82 Å². The molecule has 2 aromatic carbocycles. The second-order valence-corrected chi connectivity index (χ2v) is 8.00. The lowest BCUT2D eigenvalue weighted by molar-refractivity contribution is 0.618. The van der Waals surface area contributed by atoms with Crippen molar-refractivity contribution in [2.24, 2.45) is 0 Å². The summed E-state index contributed by atoms with van der Waals surface area (Å²) in [4.78, 5) is 9.48. The van der Waals surface area contributed by atoms with Crippen LogP contribution < -0.4 is 0 Å². The molecule has 0 fully saturated rings. The number of benzene rings is 2. The molecule has 0 radical (unpaired) electrons. The minimum absolute atomic E-state index is 0.189. The SMILES string of the molecule is Fc1ccc(CCC(Cn2ccnc2)Sc2ccc(-n3ccnc3)cc2)cc1. The molecule has 0 aliphatic heterocycles. The molecule has 0 bridgehead atoms. The van der Waals surface area contributed by atoms with E-state index in [0.717, 1.165) is 30.6 Å². The van der Waals surface area contributed by atoms with Gasteiger partial charge in [0.05, 0.1) is 12.7 Å². The molecule has 4 aromatic rings. The molecular formula is C22H21FN4S. The van der Waals surface area contributed by atoms with E-state index < -0.39 is 0 Å². The Kier molecular flexibility index (Phi) is 5.87. The zero-order chi connectivity index (χ0) is 19.2. The summed E-state index contributed by atoms with van der Waals surface area (Å²) < 4.78 is 17.2. The predicted molar refractivity (Wildman–Crippen MR) is 110 cm³/mol. The fourth-order valence-corrected chi connectivity index (χ4v) is 4.26. The Hall–Kier alpha value is -2.86. The number of imidazole rings is 2. The maximum absolute atomic E-state index is 13.1. The highest BCUT2D eigenvalue weighted by atomic mass is 32.2. The highest BCUT2D eigenvalue weighted by Gasteiger charge is 2.12. The molecule has 0 saturated carbocycles. The summed E-state index contributed by atoms with van der Waals surface area (Å²) in [7, 11) is 0. The van der Waals surface area contributed by atoms with Crippen molar-refractivity contribution in [3.8, 4) is 5.69 Å². The van der Waals surface area contributed by atoms with Gasteiger partial charge in [0, 0.05) is 47.2 Å². The highest BCUT2D eigenvalue weighted by Crippen LogP contribution is 2.28. The van der Waals surface area contributed by atoms with Crippen LogP contribution in [0.25, 0.3) is 5.69 Å². The normalized spacial score (nSPS) is 12.2. The van der Waals surface area contributed by atoms with Crippen LogP contribution in [0.5, 0.6) is 0 Å². The predicted octanol–water partition coefficient (Wildman–Crippen LogP) is 5.00. The van der Waals surface area contributed by atoms with E-state index in [1.54, 1.807) is 12.5 Å². The van der Waals surface area contributed by atoms with Crippen molar-refractivity contribution in [2.75, 3.05) is 0 Å². The summed E-state index contributed by atoms with van der Waals surface area (Å²) in [5.74, 6) is -0.189. The van der Waals surface area contributed by atoms with E-state index in [2.05, 4.69) is 38.8 Å². The number of nitrogens with zero attached hydrogens (tertiary/aromatic N) is 4. The summed E-state index contributed by atoms with van der Waals surface area (Å²) in [6.07, 6.45) is 13.1. The minimum atomic E-state index is -0.189. The van der Waals surface area contributed by atoms with Gasteiger partial charge in [-0.15, -0.1) is 11.8 Å². The van der Waals surface area contributed by atoms with Gasteiger partial charge in [-0.3, -0.25) is 0 Å². The van der Waals surface area contributed by atoms with Gasteiger partial charge in [0.1, 0.15) is 5.82 Å². The topological polar surface area (TPSA) is 35.6 Å². The number of aromatic nitrogens is 4. The Morgan fingerprint density at radius 2 is 1.64 bits per heavy atom. The van der Waals surface area contributed by atoms with Gasteiger partial charge in [-0.05, 0) is 54.8 Å². The summed E-state index contributed by atoms with van der Waals surface area (Å²) in [6, 6.07) is 15.3. The quantitative estimate of drug-likeness (QED) is 0.396. The smallest absolute Gasteiger partial charge is 0.123 e. The van der Waals surface area contributed by atoms with Gasteiger partial charge in [0.15, 0.2) is 0 Å². The molecule has 28 heavy (non-hydrogen) atoms. The zero-order valence-electron chi connectivity index (χ0n) is 15.4. The van der Waals surface area contributed by atoms with E-state index >= 15 is 0 Å². The third kappa shape index (κ3) is 4.89. The Morgan fingerprint density at radius 3 is 2.32 bits per heavy atom. The van der Waals surface area contributed by atoms with E-state index in [1.165, 1.54) is 17.0 Å². The third-order valence-electron chi connectivity index (χ3n) is 4.58. The van der Waals surface area contributed by atoms with Gasteiger partial charge in [0.25, 0.3) is 0 Å². The second kappa shape index (κ2) is 8.89. The van der Waals surface area contributed by atoms with Crippen LogP contribution in [-0.4, -0.2) is 24.4 Å². The monoisotopic (exact) mass is 392 g/mol. The standard InChI is InChI=1S/C22H21FN4S/c23-19-4-1-18(2-5-19)3-8-22(15-26-13-11-24-16-26)28-21-9-6-20(7-10-21)27-14-12-25-17-27/h1-2,4-7,9-14,16-17,22H,3,8,15H2. The minimum Gasteiger partial charge on any atom is -0.336 e. The van der Waals surface area contributed by atoms with Crippen LogP contribution in [0.4, 0.5) is 4.39 Å². The van der Waals surface area contributed by atoms with Crippen molar-refractivity contribution >= 4 is 11.8 Å².